The van der Waals surface area contributed by atoms with Gasteiger partial charge in [-0.3, -0.25) is 9.59 Å². The minimum atomic E-state index is -0.722. The number of hydrogen-bond donors (Lipinski definition) is 0. The first-order chi connectivity index (χ1) is 11.5. The number of amides is 1. The fourth-order valence-electron chi connectivity index (χ4n) is 3.10. The van der Waals surface area contributed by atoms with E-state index in [0.29, 0.717) is 39.0 Å². The van der Waals surface area contributed by atoms with Crippen molar-refractivity contribution in [3.8, 4) is 11.8 Å². The molecule has 0 aromatic heterocycles. The largest absolute Gasteiger partial charge is 0.466 e. The van der Waals surface area contributed by atoms with Crippen LogP contribution in [0.2, 0.25) is 0 Å². The predicted molar refractivity (Wildman–Crippen MR) is 88.4 cm³/mol. The average molecular weight is 331 g/mol. The molecular formula is C19H22FNO3. The van der Waals surface area contributed by atoms with Crippen molar-refractivity contribution in [3.63, 3.8) is 0 Å². The van der Waals surface area contributed by atoms with Crippen LogP contribution in [0, 0.1) is 23.1 Å². The Kier molecular flexibility index (Phi) is 5.97. The number of carbonyl (C=O) groups is 2. The van der Waals surface area contributed by atoms with Gasteiger partial charge in [-0.05, 0) is 56.7 Å². The van der Waals surface area contributed by atoms with E-state index in [9.17, 15) is 14.0 Å². The van der Waals surface area contributed by atoms with Gasteiger partial charge in [-0.25, -0.2) is 4.39 Å². The SMILES string of the molecule is CC#CC(=O)N1CCC(Cc2cccc(F)c2)(C(=O)OCC)CC1. The van der Waals surface area contributed by atoms with Gasteiger partial charge >= 0.3 is 5.97 Å². The first-order valence-corrected chi connectivity index (χ1v) is 8.14. The van der Waals surface area contributed by atoms with Crippen molar-refractivity contribution in [1.82, 2.24) is 4.90 Å². The van der Waals surface area contributed by atoms with Crippen molar-refractivity contribution >= 4 is 11.9 Å². The van der Waals surface area contributed by atoms with E-state index >= 15 is 0 Å². The number of benzene rings is 1. The van der Waals surface area contributed by atoms with Gasteiger partial charge in [0.25, 0.3) is 5.91 Å². The Morgan fingerprint density at radius 2 is 2.04 bits per heavy atom. The molecule has 128 valence electrons. The Morgan fingerprint density at radius 3 is 2.62 bits per heavy atom. The summed E-state index contributed by atoms with van der Waals surface area (Å²) in [7, 11) is 0. The molecule has 1 saturated heterocycles. The fraction of sp³-hybridized carbons (Fsp3) is 0.474. The highest BCUT2D eigenvalue weighted by Gasteiger charge is 2.43. The van der Waals surface area contributed by atoms with Crippen molar-refractivity contribution in [3.05, 3.63) is 35.6 Å². The molecule has 0 atom stereocenters. The zero-order valence-electron chi connectivity index (χ0n) is 14.1. The molecule has 1 heterocycles. The fourth-order valence-corrected chi connectivity index (χ4v) is 3.10. The van der Waals surface area contributed by atoms with Crippen LogP contribution in [0.3, 0.4) is 0 Å². The molecule has 1 amide bonds. The number of ether oxygens (including phenoxy) is 1. The van der Waals surface area contributed by atoms with Gasteiger partial charge in [0, 0.05) is 13.1 Å². The number of halogens is 1. The highest BCUT2D eigenvalue weighted by atomic mass is 19.1. The number of nitrogens with zero attached hydrogens (tertiary/aromatic N) is 1. The van der Waals surface area contributed by atoms with Gasteiger partial charge in [0.1, 0.15) is 5.82 Å². The van der Waals surface area contributed by atoms with Crippen LogP contribution in [-0.4, -0.2) is 36.5 Å². The molecule has 0 aliphatic carbocycles. The minimum absolute atomic E-state index is 0.222. The zero-order chi connectivity index (χ0) is 17.6. The minimum Gasteiger partial charge on any atom is -0.466 e. The molecule has 5 heteroatoms. The molecule has 2 rings (SSSR count). The molecule has 0 saturated carbocycles. The maximum absolute atomic E-state index is 13.5. The van der Waals surface area contributed by atoms with E-state index in [4.69, 9.17) is 4.74 Å². The second kappa shape index (κ2) is 7.96. The van der Waals surface area contributed by atoms with Gasteiger partial charge in [0.05, 0.1) is 12.0 Å². The van der Waals surface area contributed by atoms with Gasteiger partial charge < -0.3 is 9.64 Å². The third kappa shape index (κ3) is 4.14. The molecule has 1 aliphatic rings. The van der Waals surface area contributed by atoms with Crippen molar-refractivity contribution in [2.24, 2.45) is 5.41 Å². The summed E-state index contributed by atoms with van der Waals surface area (Å²) < 4.78 is 18.7. The lowest BCUT2D eigenvalue weighted by atomic mass is 9.73. The smallest absolute Gasteiger partial charge is 0.312 e. The van der Waals surface area contributed by atoms with Crippen molar-refractivity contribution in [1.29, 1.82) is 0 Å². The molecule has 0 unspecified atom stereocenters. The number of esters is 1. The van der Waals surface area contributed by atoms with E-state index in [0.717, 1.165) is 5.56 Å². The molecule has 0 radical (unpaired) electrons. The highest BCUT2D eigenvalue weighted by molar-refractivity contribution is 5.93. The van der Waals surface area contributed by atoms with Crippen LogP contribution in [-0.2, 0) is 20.7 Å². The van der Waals surface area contributed by atoms with Crippen LogP contribution < -0.4 is 0 Å². The van der Waals surface area contributed by atoms with Crippen molar-refractivity contribution < 1.29 is 18.7 Å². The highest BCUT2D eigenvalue weighted by Crippen LogP contribution is 2.37. The second-order valence-corrected chi connectivity index (χ2v) is 5.97. The van der Waals surface area contributed by atoms with E-state index in [-0.39, 0.29) is 17.7 Å². The zero-order valence-corrected chi connectivity index (χ0v) is 14.1. The Hall–Kier alpha value is -2.35. The lowest BCUT2D eigenvalue weighted by molar-refractivity contribution is -0.159. The van der Waals surface area contributed by atoms with Crippen LogP contribution in [0.25, 0.3) is 0 Å². The third-order valence-corrected chi connectivity index (χ3v) is 4.38. The summed E-state index contributed by atoms with van der Waals surface area (Å²) in [5, 5.41) is 0. The van der Waals surface area contributed by atoms with Crippen LogP contribution >= 0.6 is 0 Å². The number of hydrogen-bond acceptors (Lipinski definition) is 3. The molecule has 1 aromatic carbocycles. The summed E-state index contributed by atoms with van der Waals surface area (Å²) in [6.07, 6.45) is 1.38. The first kappa shape index (κ1) is 18.0. The molecule has 0 bridgehead atoms. The van der Waals surface area contributed by atoms with Gasteiger partial charge in [0.15, 0.2) is 0 Å². The first-order valence-electron chi connectivity index (χ1n) is 8.14. The Bertz CT molecular complexity index is 667. The van der Waals surface area contributed by atoms with Crippen molar-refractivity contribution in [2.45, 2.75) is 33.1 Å². The molecule has 1 fully saturated rings. The maximum atomic E-state index is 13.5. The lowest BCUT2D eigenvalue weighted by Gasteiger charge is -2.39. The summed E-state index contributed by atoms with van der Waals surface area (Å²) in [5.41, 5.74) is 0.0384. The predicted octanol–water partition coefficient (Wildman–Crippen LogP) is 2.56. The molecule has 0 spiro atoms. The standard InChI is InChI=1S/C19H22FNO3/c1-3-6-17(22)21-11-9-19(10-12-21,18(23)24-4-2)14-15-7-5-8-16(20)13-15/h5,7-8,13H,4,9-12,14H2,1-2H3. The summed E-state index contributed by atoms with van der Waals surface area (Å²) in [4.78, 5) is 26.1. The summed E-state index contributed by atoms with van der Waals surface area (Å²) in [6.45, 7) is 4.58. The summed E-state index contributed by atoms with van der Waals surface area (Å²) >= 11 is 0. The van der Waals surface area contributed by atoms with E-state index in [2.05, 4.69) is 11.8 Å². The lowest BCUT2D eigenvalue weighted by Crippen LogP contribution is -2.48. The molecule has 24 heavy (non-hydrogen) atoms. The quantitative estimate of drug-likeness (QED) is 0.629. The summed E-state index contributed by atoms with van der Waals surface area (Å²) in [5.74, 6) is 4.31. The third-order valence-electron chi connectivity index (χ3n) is 4.38. The second-order valence-electron chi connectivity index (χ2n) is 5.97. The maximum Gasteiger partial charge on any atom is 0.312 e. The van der Waals surface area contributed by atoms with E-state index in [1.54, 1.807) is 24.8 Å². The van der Waals surface area contributed by atoms with E-state index in [1.165, 1.54) is 12.1 Å². The van der Waals surface area contributed by atoms with Crippen LogP contribution in [0.1, 0.15) is 32.3 Å². The van der Waals surface area contributed by atoms with Gasteiger partial charge in [-0.1, -0.05) is 18.1 Å². The topological polar surface area (TPSA) is 46.6 Å². The van der Waals surface area contributed by atoms with Crippen molar-refractivity contribution in [2.75, 3.05) is 19.7 Å². The molecular weight excluding hydrogens is 309 g/mol. The average Bonchev–Trinajstić information content (AvgIpc) is 2.56. The van der Waals surface area contributed by atoms with Gasteiger partial charge in [-0.2, -0.15) is 0 Å². The Morgan fingerprint density at radius 1 is 1.33 bits per heavy atom. The Labute approximate surface area is 142 Å². The van der Waals surface area contributed by atoms with Crippen LogP contribution in [0.5, 0.6) is 0 Å². The van der Waals surface area contributed by atoms with Gasteiger partial charge in [-0.15, -0.1) is 0 Å². The van der Waals surface area contributed by atoms with Crippen LogP contribution in [0.15, 0.2) is 24.3 Å². The summed E-state index contributed by atoms with van der Waals surface area (Å²) in [6, 6.07) is 6.27. The monoisotopic (exact) mass is 331 g/mol. The van der Waals surface area contributed by atoms with Crippen LogP contribution in [0.4, 0.5) is 4.39 Å². The number of likely N-dealkylation sites (tertiary alicyclic amines) is 1. The van der Waals surface area contributed by atoms with E-state index < -0.39 is 5.41 Å². The number of piperidine rings is 1. The molecule has 1 aromatic rings. The Balaban J connectivity index is 2.18. The normalized spacial score (nSPS) is 16.0. The molecule has 0 N–H and O–H groups in total. The van der Waals surface area contributed by atoms with E-state index in [1.807, 2.05) is 6.07 Å². The molecule has 1 aliphatic heterocycles. The molecule has 4 nitrogen and oxygen atoms in total. The number of carbonyl (C=O) groups excluding carboxylic acids is 2. The van der Waals surface area contributed by atoms with Gasteiger partial charge in [0.2, 0.25) is 0 Å². The number of rotatable bonds is 4.